The van der Waals surface area contributed by atoms with Crippen LogP contribution in [0.25, 0.3) is 0 Å². The number of anilines is 3. The van der Waals surface area contributed by atoms with Crippen molar-refractivity contribution in [3.63, 3.8) is 0 Å². The minimum Gasteiger partial charge on any atom is -0.493 e. The Hall–Kier alpha value is -2.77. The van der Waals surface area contributed by atoms with Crippen molar-refractivity contribution in [2.75, 3.05) is 24.9 Å². The second-order valence-electron chi connectivity index (χ2n) is 5.60. The molecule has 1 heterocycles. The molecular weight excluding hydrogens is 386 g/mol. The summed E-state index contributed by atoms with van der Waals surface area (Å²) >= 11 is 7.42. The number of aromatic nitrogens is 1. The van der Waals surface area contributed by atoms with Crippen LogP contribution in [0.15, 0.2) is 41.8 Å². The van der Waals surface area contributed by atoms with Crippen LogP contribution in [0.5, 0.6) is 11.5 Å². The highest BCUT2D eigenvalue weighted by molar-refractivity contribution is 7.14. The topological polar surface area (TPSA) is 72.5 Å². The standard InChI is InChI=1S/C19H18ClN3O3S/c1-11-13(20)5-4-6-14(11)22-18(24)15-10-27-19(23-15)21-12-7-8-16(25-2)17(9-12)26-3/h4-10H,1-3H3,(H,21,23)(H,22,24). The van der Waals surface area contributed by atoms with Gasteiger partial charge in [-0.05, 0) is 36.8 Å². The number of hydrogen-bond acceptors (Lipinski definition) is 6. The third-order valence-corrected chi connectivity index (χ3v) is 5.05. The van der Waals surface area contributed by atoms with E-state index in [9.17, 15) is 4.79 Å². The number of hydrogen-bond donors (Lipinski definition) is 2. The van der Waals surface area contributed by atoms with E-state index in [-0.39, 0.29) is 5.91 Å². The Balaban J connectivity index is 1.73. The molecule has 3 rings (SSSR count). The zero-order valence-electron chi connectivity index (χ0n) is 15.0. The molecule has 0 unspecified atom stereocenters. The molecule has 1 amide bonds. The van der Waals surface area contributed by atoms with Gasteiger partial charge in [-0.25, -0.2) is 4.98 Å². The minimum absolute atomic E-state index is 0.294. The van der Waals surface area contributed by atoms with Gasteiger partial charge < -0.3 is 20.1 Å². The Kier molecular flexibility index (Phi) is 5.83. The van der Waals surface area contributed by atoms with Crippen molar-refractivity contribution in [3.05, 3.63) is 58.1 Å². The van der Waals surface area contributed by atoms with Crippen LogP contribution < -0.4 is 20.1 Å². The second-order valence-corrected chi connectivity index (χ2v) is 6.86. The first-order chi connectivity index (χ1) is 13.0. The van der Waals surface area contributed by atoms with Crippen molar-refractivity contribution in [1.29, 1.82) is 0 Å². The fourth-order valence-corrected chi connectivity index (χ4v) is 3.29. The van der Waals surface area contributed by atoms with Crippen LogP contribution in [0.2, 0.25) is 5.02 Å². The molecule has 140 valence electrons. The van der Waals surface area contributed by atoms with E-state index in [1.54, 1.807) is 49.9 Å². The number of nitrogens with one attached hydrogen (secondary N) is 2. The predicted molar refractivity (Wildman–Crippen MR) is 109 cm³/mol. The van der Waals surface area contributed by atoms with Crippen LogP contribution in [-0.4, -0.2) is 25.1 Å². The maximum atomic E-state index is 12.5. The van der Waals surface area contributed by atoms with Gasteiger partial charge in [0.15, 0.2) is 16.6 Å². The zero-order chi connectivity index (χ0) is 19.4. The molecule has 0 bridgehead atoms. The van der Waals surface area contributed by atoms with Gasteiger partial charge in [-0.3, -0.25) is 4.79 Å². The molecule has 6 nitrogen and oxygen atoms in total. The maximum absolute atomic E-state index is 12.5. The smallest absolute Gasteiger partial charge is 0.275 e. The Morgan fingerprint density at radius 3 is 2.67 bits per heavy atom. The van der Waals surface area contributed by atoms with E-state index in [1.807, 2.05) is 13.0 Å². The number of thiazole rings is 1. The first kappa shape index (κ1) is 19.0. The molecule has 0 atom stereocenters. The molecule has 1 aromatic heterocycles. The van der Waals surface area contributed by atoms with Crippen molar-refractivity contribution in [2.45, 2.75) is 6.92 Å². The summed E-state index contributed by atoms with van der Waals surface area (Å²) in [6.45, 7) is 1.85. The van der Waals surface area contributed by atoms with Crippen LogP contribution in [0, 0.1) is 6.92 Å². The van der Waals surface area contributed by atoms with Gasteiger partial charge in [0.1, 0.15) is 5.69 Å². The lowest BCUT2D eigenvalue weighted by molar-refractivity contribution is 0.102. The Bertz CT molecular complexity index is 975. The molecule has 8 heteroatoms. The molecule has 0 fully saturated rings. The number of nitrogens with zero attached hydrogens (tertiary/aromatic N) is 1. The molecule has 2 N–H and O–H groups in total. The SMILES string of the molecule is COc1ccc(Nc2nc(C(=O)Nc3cccc(Cl)c3C)cs2)cc1OC. The van der Waals surface area contributed by atoms with Crippen LogP contribution >= 0.6 is 22.9 Å². The highest BCUT2D eigenvalue weighted by Crippen LogP contribution is 2.32. The quantitative estimate of drug-likeness (QED) is 0.597. The summed E-state index contributed by atoms with van der Waals surface area (Å²) < 4.78 is 10.5. The van der Waals surface area contributed by atoms with E-state index in [0.717, 1.165) is 11.3 Å². The summed E-state index contributed by atoms with van der Waals surface area (Å²) in [5.41, 5.74) is 2.57. The number of methoxy groups -OCH3 is 2. The molecule has 0 spiro atoms. The van der Waals surface area contributed by atoms with Gasteiger partial charge in [0.05, 0.1) is 14.2 Å². The van der Waals surface area contributed by atoms with Gasteiger partial charge in [-0.1, -0.05) is 17.7 Å². The normalized spacial score (nSPS) is 10.4. The van der Waals surface area contributed by atoms with Gasteiger partial charge in [0.2, 0.25) is 0 Å². The van der Waals surface area contributed by atoms with Gasteiger partial charge >= 0.3 is 0 Å². The number of rotatable bonds is 6. The van der Waals surface area contributed by atoms with Crippen LogP contribution in [0.1, 0.15) is 16.1 Å². The Morgan fingerprint density at radius 1 is 1.15 bits per heavy atom. The highest BCUT2D eigenvalue weighted by atomic mass is 35.5. The fraction of sp³-hybridized carbons (Fsp3) is 0.158. The van der Waals surface area contributed by atoms with Crippen LogP contribution in [0.4, 0.5) is 16.5 Å². The average Bonchev–Trinajstić information content (AvgIpc) is 3.14. The van der Waals surface area contributed by atoms with E-state index in [1.165, 1.54) is 11.3 Å². The first-order valence-corrected chi connectivity index (χ1v) is 9.28. The fourth-order valence-electron chi connectivity index (χ4n) is 2.40. The number of carbonyl (C=O) groups is 1. The molecule has 2 aromatic carbocycles. The van der Waals surface area contributed by atoms with Crippen molar-refractivity contribution < 1.29 is 14.3 Å². The minimum atomic E-state index is -0.294. The van der Waals surface area contributed by atoms with Crippen molar-refractivity contribution in [2.24, 2.45) is 0 Å². The third kappa shape index (κ3) is 4.32. The maximum Gasteiger partial charge on any atom is 0.275 e. The monoisotopic (exact) mass is 403 g/mol. The van der Waals surface area contributed by atoms with Crippen molar-refractivity contribution in [1.82, 2.24) is 4.98 Å². The second kappa shape index (κ2) is 8.28. The van der Waals surface area contributed by atoms with Crippen LogP contribution in [0.3, 0.4) is 0 Å². The Morgan fingerprint density at radius 2 is 1.93 bits per heavy atom. The van der Waals surface area contributed by atoms with E-state index in [4.69, 9.17) is 21.1 Å². The summed E-state index contributed by atoms with van der Waals surface area (Å²) in [6.07, 6.45) is 0. The molecule has 0 saturated carbocycles. The molecule has 0 aliphatic carbocycles. The number of halogens is 1. The van der Waals surface area contributed by atoms with Gasteiger partial charge in [-0.2, -0.15) is 0 Å². The van der Waals surface area contributed by atoms with Gasteiger partial charge in [-0.15, -0.1) is 11.3 Å². The van der Waals surface area contributed by atoms with E-state index < -0.39 is 0 Å². The third-order valence-electron chi connectivity index (χ3n) is 3.89. The summed E-state index contributed by atoms with van der Waals surface area (Å²) in [7, 11) is 3.16. The number of ether oxygens (including phenoxy) is 2. The molecule has 27 heavy (non-hydrogen) atoms. The largest absolute Gasteiger partial charge is 0.493 e. The highest BCUT2D eigenvalue weighted by Gasteiger charge is 2.13. The first-order valence-electron chi connectivity index (χ1n) is 8.03. The summed E-state index contributed by atoms with van der Waals surface area (Å²) in [6, 6.07) is 10.8. The lowest BCUT2D eigenvalue weighted by Gasteiger charge is -2.10. The average molecular weight is 404 g/mol. The van der Waals surface area contributed by atoms with E-state index >= 15 is 0 Å². The van der Waals surface area contributed by atoms with Crippen molar-refractivity contribution >= 4 is 45.4 Å². The lowest BCUT2D eigenvalue weighted by atomic mass is 10.2. The number of carbonyl (C=O) groups excluding carboxylic acids is 1. The molecule has 0 aliphatic heterocycles. The molecule has 0 saturated heterocycles. The van der Waals surface area contributed by atoms with Gasteiger partial charge in [0, 0.05) is 27.8 Å². The zero-order valence-corrected chi connectivity index (χ0v) is 16.6. The van der Waals surface area contributed by atoms with Crippen molar-refractivity contribution in [3.8, 4) is 11.5 Å². The summed E-state index contributed by atoms with van der Waals surface area (Å²) in [5.74, 6) is 0.949. The number of benzene rings is 2. The molecular formula is C19H18ClN3O3S. The van der Waals surface area contributed by atoms with Gasteiger partial charge in [0.25, 0.3) is 5.91 Å². The lowest BCUT2D eigenvalue weighted by Crippen LogP contribution is -2.13. The molecule has 0 radical (unpaired) electrons. The van der Waals surface area contributed by atoms with E-state index in [2.05, 4.69) is 15.6 Å². The Labute approximate surface area is 166 Å². The van der Waals surface area contributed by atoms with E-state index in [0.29, 0.717) is 33.0 Å². The number of amides is 1. The molecule has 0 aliphatic rings. The summed E-state index contributed by atoms with van der Waals surface area (Å²) in [4.78, 5) is 16.8. The molecule has 3 aromatic rings. The van der Waals surface area contributed by atoms with Crippen LogP contribution in [-0.2, 0) is 0 Å². The predicted octanol–water partition coefficient (Wildman–Crippen LogP) is 5.12. The summed E-state index contributed by atoms with van der Waals surface area (Å²) in [5, 5.41) is 8.88.